The van der Waals surface area contributed by atoms with Crippen molar-refractivity contribution in [3.05, 3.63) is 48.6 Å². The van der Waals surface area contributed by atoms with E-state index in [0.717, 1.165) is 34.8 Å². The molecule has 0 aromatic carbocycles. The number of allylic oxidation sites excluding steroid dienone is 8. The molecule has 2 saturated carbocycles. The van der Waals surface area contributed by atoms with E-state index in [9.17, 15) is 0 Å². The molecule has 6 unspecified atom stereocenters. The quantitative estimate of drug-likeness (QED) is 0.387. The van der Waals surface area contributed by atoms with E-state index in [1.54, 1.807) is 0 Å². The Labute approximate surface area is 167 Å². The number of fused-ring (bicyclic) bond motifs is 2. The van der Waals surface area contributed by atoms with Crippen molar-refractivity contribution in [2.24, 2.45) is 23.7 Å². The summed E-state index contributed by atoms with van der Waals surface area (Å²) in [5, 5.41) is 0. The Morgan fingerprint density at radius 3 is 1.50 bits per heavy atom. The van der Waals surface area contributed by atoms with Crippen LogP contribution in [-0.2, 0) is 20.8 Å². The summed E-state index contributed by atoms with van der Waals surface area (Å²) in [6.07, 6.45) is 25.1. The van der Waals surface area contributed by atoms with Crippen molar-refractivity contribution in [1.29, 1.82) is 0 Å². The Morgan fingerprint density at radius 1 is 0.708 bits per heavy atom. The summed E-state index contributed by atoms with van der Waals surface area (Å²) in [6, 6.07) is 0. The van der Waals surface area contributed by atoms with E-state index in [-0.39, 0.29) is 0 Å². The maximum atomic E-state index is 4.93. The first-order valence-corrected chi connectivity index (χ1v) is 18.7. The molecule has 0 bridgehead atoms. The van der Waals surface area contributed by atoms with E-state index in [2.05, 4.69) is 61.7 Å². The molecule has 0 heterocycles. The van der Waals surface area contributed by atoms with Crippen LogP contribution in [0.4, 0.5) is 0 Å². The molecule has 4 aliphatic carbocycles. The predicted molar refractivity (Wildman–Crippen MR) is 106 cm³/mol. The van der Waals surface area contributed by atoms with Crippen LogP contribution in [-0.4, -0.2) is 8.07 Å². The van der Waals surface area contributed by atoms with Gasteiger partial charge in [-0.15, -0.1) is 0 Å². The second-order valence-corrected chi connectivity index (χ2v) is 17.1. The van der Waals surface area contributed by atoms with E-state index >= 15 is 0 Å². The number of hydrogen-bond donors (Lipinski definition) is 0. The van der Waals surface area contributed by atoms with Gasteiger partial charge in [0.15, 0.2) is 0 Å². The summed E-state index contributed by atoms with van der Waals surface area (Å²) in [5.41, 5.74) is 2.01. The summed E-state index contributed by atoms with van der Waals surface area (Å²) >= 11 is -0.826. The van der Waals surface area contributed by atoms with Gasteiger partial charge in [-0.1, -0.05) is 74.5 Å². The fourth-order valence-electron chi connectivity index (χ4n) is 5.92. The van der Waals surface area contributed by atoms with Gasteiger partial charge in [0.2, 0.25) is 0 Å². The van der Waals surface area contributed by atoms with Crippen molar-refractivity contribution in [3.8, 4) is 0 Å². The van der Waals surface area contributed by atoms with E-state index in [4.69, 9.17) is 17.0 Å². The SMILES string of the molecule is C[Si](C)(C1CCC2C=CC=CC21)C1CCC2C=CC=CC21.[Cl][Zr][Cl]. The maximum absolute atomic E-state index is 4.93. The third-order valence-corrected chi connectivity index (χ3v) is 12.2. The molecule has 0 nitrogen and oxygen atoms in total. The number of hydrogen-bond acceptors (Lipinski definition) is 0. The Hall–Kier alpha value is 0.640. The third-order valence-electron chi connectivity index (χ3n) is 7.06. The number of rotatable bonds is 2. The molecule has 0 saturated heterocycles. The molecule has 6 atom stereocenters. The van der Waals surface area contributed by atoms with Crippen molar-refractivity contribution in [1.82, 2.24) is 0 Å². The van der Waals surface area contributed by atoms with Gasteiger partial charge in [0, 0.05) is 0 Å². The van der Waals surface area contributed by atoms with E-state index in [1.807, 2.05) is 0 Å². The summed E-state index contributed by atoms with van der Waals surface area (Å²) in [7, 11) is 8.64. The first kappa shape index (κ1) is 19.4. The molecule has 0 amide bonds. The normalized spacial score (nSPS) is 39.2. The fraction of sp³-hybridized carbons (Fsp3) is 0.600. The average Bonchev–Trinajstić information content (AvgIpc) is 3.20. The molecule has 0 N–H and O–H groups in total. The Bertz CT molecular complexity index is 506. The Kier molecular flexibility index (Phi) is 6.91. The van der Waals surface area contributed by atoms with E-state index in [0.29, 0.717) is 0 Å². The van der Waals surface area contributed by atoms with Crippen molar-refractivity contribution in [3.63, 3.8) is 0 Å². The molecule has 4 rings (SSSR count). The van der Waals surface area contributed by atoms with E-state index < -0.39 is 28.9 Å². The summed E-state index contributed by atoms with van der Waals surface area (Å²) < 4.78 is 0. The monoisotopic (exact) mass is 456 g/mol. The molecule has 24 heavy (non-hydrogen) atoms. The van der Waals surface area contributed by atoms with Crippen LogP contribution in [0, 0.1) is 23.7 Å². The van der Waals surface area contributed by atoms with Gasteiger partial charge in [-0.2, -0.15) is 0 Å². The summed E-state index contributed by atoms with van der Waals surface area (Å²) in [4.78, 5) is 0. The van der Waals surface area contributed by atoms with Gasteiger partial charge < -0.3 is 0 Å². The first-order chi connectivity index (χ1) is 11.6. The molecular formula is C20H28Cl2SiZr. The van der Waals surface area contributed by atoms with Gasteiger partial charge in [0.25, 0.3) is 0 Å². The molecule has 2 fully saturated rings. The Balaban J connectivity index is 0.000000526. The van der Waals surface area contributed by atoms with Gasteiger partial charge in [-0.05, 0) is 47.6 Å². The van der Waals surface area contributed by atoms with Gasteiger partial charge >= 0.3 is 37.9 Å². The Morgan fingerprint density at radius 2 is 1.08 bits per heavy atom. The molecule has 130 valence electrons. The fourth-order valence-corrected chi connectivity index (χ4v) is 11.0. The van der Waals surface area contributed by atoms with Crippen LogP contribution in [0.5, 0.6) is 0 Å². The molecule has 4 heteroatoms. The molecule has 0 aromatic rings. The molecule has 0 radical (unpaired) electrons. The summed E-state index contributed by atoms with van der Waals surface area (Å²) in [5.74, 6) is 3.43. The minimum absolute atomic E-state index is 0.826. The summed E-state index contributed by atoms with van der Waals surface area (Å²) in [6.45, 7) is 5.43. The second-order valence-electron chi connectivity index (χ2n) is 8.28. The van der Waals surface area contributed by atoms with Crippen LogP contribution >= 0.6 is 17.0 Å². The van der Waals surface area contributed by atoms with Crippen molar-refractivity contribution in [2.45, 2.75) is 49.9 Å². The van der Waals surface area contributed by atoms with Gasteiger partial charge in [0.05, 0.1) is 8.07 Å². The van der Waals surface area contributed by atoms with Crippen LogP contribution in [0.1, 0.15) is 25.7 Å². The predicted octanol–water partition coefficient (Wildman–Crippen LogP) is 7.12. The molecule has 0 spiro atoms. The first-order valence-electron chi connectivity index (χ1n) is 9.25. The molecule has 0 aliphatic heterocycles. The number of halogens is 2. The van der Waals surface area contributed by atoms with Gasteiger partial charge in [0.1, 0.15) is 0 Å². The molecular weight excluding hydrogens is 430 g/mol. The third kappa shape index (κ3) is 3.83. The zero-order valence-corrected chi connectivity index (χ0v) is 19.6. The van der Waals surface area contributed by atoms with E-state index in [1.165, 1.54) is 25.7 Å². The van der Waals surface area contributed by atoms with Gasteiger partial charge in [-0.3, -0.25) is 0 Å². The van der Waals surface area contributed by atoms with Gasteiger partial charge in [-0.25, -0.2) is 0 Å². The zero-order valence-electron chi connectivity index (χ0n) is 14.7. The van der Waals surface area contributed by atoms with Crippen molar-refractivity contribution < 1.29 is 20.8 Å². The average molecular weight is 459 g/mol. The second kappa shape index (κ2) is 8.55. The van der Waals surface area contributed by atoms with Crippen LogP contribution in [0.15, 0.2) is 48.6 Å². The standard InChI is InChI=1S/C20H28Si.2ClH.Zr/c1-21(2,19-13-11-15-7-3-5-9-17(15)19)20-14-12-16-8-4-6-10-18(16)20;;;/h3-10,15-20H,11-14H2,1-2H3;2*1H;/q;;;+2/p-2. The molecule has 4 aliphatic rings. The topological polar surface area (TPSA) is 0 Å². The zero-order chi connectivity index (χ0) is 17.2. The van der Waals surface area contributed by atoms with Crippen LogP contribution in [0.25, 0.3) is 0 Å². The molecule has 0 aromatic heterocycles. The van der Waals surface area contributed by atoms with Crippen LogP contribution in [0.2, 0.25) is 24.2 Å². The van der Waals surface area contributed by atoms with Crippen molar-refractivity contribution in [2.75, 3.05) is 0 Å². The minimum atomic E-state index is -1.22. The van der Waals surface area contributed by atoms with Crippen LogP contribution < -0.4 is 0 Å². The van der Waals surface area contributed by atoms with Crippen molar-refractivity contribution >= 4 is 25.1 Å². The van der Waals surface area contributed by atoms with Crippen LogP contribution in [0.3, 0.4) is 0 Å².